The number of hydrogen-bond acceptors (Lipinski definition) is 3. The second-order valence-electron chi connectivity index (χ2n) is 7.80. The summed E-state index contributed by atoms with van der Waals surface area (Å²) in [6, 6.07) is 24.4. The van der Waals surface area contributed by atoms with Crippen LogP contribution in [0.3, 0.4) is 0 Å². The number of para-hydroxylation sites is 1. The van der Waals surface area contributed by atoms with E-state index < -0.39 is 0 Å². The first kappa shape index (κ1) is 21.0. The summed E-state index contributed by atoms with van der Waals surface area (Å²) in [5.74, 6) is -0.257. The van der Waals surface area contributed by atoms with Gasteiger partial charge in [-0.2, -0.15) is 5.10 Å². The monoisotopic (exact) mass is 456 g/mol. The van der Waals surface area contributed by atoms with Crippen LogP contribution in [-0.4, -0.2) is 28.1 Å². The summed E-state index contributed by atoms with van der Waals surface area (Å²) in [5.41, 5.74) is 3.84. The van der Waals surface area contributed by atoms with E-state index in [-0.39, 0.29) is 11.8 Å². The number of nitrogens with one attached hydrogen (secondary N) is 1. The molecule has 1 aliphatic rings. The van der Waals surface area contributed by atoms with Gasteiger partial charge in [-0.3, -0.25) is 9.59 Å². The SMILES string of the molecule is O=C(Nc1cc(N2CCCC2=O)ccc1Cl)c1cn(-c2ccccc2)nc1-c1ccccc1. The average Bonchev–Trinajstić information content (AvgIpc) is 3.48. The predicted octanol–water partition coefficient (Wildman–Crippen LogP) is 5.57. The zero-order chi connectivity index (χ0) is 22.8. The van der Waals surface area contributed by atoms with Crippen LogP contribution in [0, 0.1) is 0 Å². The lowest BCUT2D eigenvalue weighted by atomic mass is 10.1. The highest BCUT2D eigenvalue weighted by atomic mass is 35.5. The largest absolute Gasteiger partial charge is 0.320 e. The molecule has 6 nitrogen and oxygen atoms in total. The Morgan fingerprint density at radius 1 is 0.939 bits per heavy atom. The van der Waals surface area contributed by atoms with Gasteiger partial charge >= 0.3 is 0 Å². The molecular formula is C26H21ClN4O2. The van der Waals surface area contributed by atoms with Crippen molar-refractivity contribution >= 4 is 34.8 Å². The first-order chi connectivity index (χ1) is 16.1. The minimum absolute atomic E-state index is 0.0742. The summed E-state index contributed by atoms with van der Waals surface area (Å²) in [7, 11) is 0. The van der Waals surface area contributed by atoms with Crippen LogP contribution in [-0.2, 0) is 4.79 Å². The van der Waals surface area contributed by atoms with Gasteiger partial charge in [0.05, 0.1) is 22.0 Å². The molecule has 1 N–H and O–H groups in total. The van der Waals surface area contributed by atoms with Crippen LogP contribution in [0.25, 0.3) is 16.9 Å². The maximum Gasteiger partial charge on any atom is 0.259 e. The van der Waals surface area contributed by atoms with Gasteiger partial charge in [0.15, 0.2) is 0 Å². The third kappa shape index (κ3) is 4.25. The summed E-state index contributed by atoms with van der Waals surface area (Å²) in [6.45, 7) is 0.663. The molecule has 33 heavy (non-hydrogen) atoms. The van der Waals surface area contributed by atoms with Crippen LogP contribution in [0.15, 0.2) is 85.1 Å². The van der Waals surface area contributed by atoms with Gasteiger partial charge in [-0.05, 0) is 36.8 Å². The highest BCUT2D eigenvalue weighted by Crippen LogP contribution is 2.31. The van der Waals surface area contributed by atoms with E-state index in [1.165, 1.54) is 0 Å². The summed E-state index contributed by atoms with van der Waals surface area (Å²) in [6.07, 6.45) is 3.07. The molecule has 0 aliphatic carbocycles. The van der Waals surface area contributed by atoms with Crippen molar-refractivity contribution in [2.45, 2.75) is 12.8 Å². The normalized spacial score (nSPS) is 13.4. The Hall–Kier alpha value is -3.90. The molecule has 0 spiro atoms. The smallest absolute Gasteiger partial charge is 0.259 e. The van der Waals surface area contributed by atoms with Crippen molar-refractivity contribution in [2.24, 2.45) is 0 Å². The molecule has 3 aromatic carbocycles. The van der Waals surface area contributed by atoms with Crippen LogP contribution in [0.2, 0.25) is 5.02 Å². The van der Waals surface area contributed by atoms with Crippen molar-refractivity contribution in [2.75, 3.05) is 16.8 Å². The first-order valence-electron chi connectivity index (χ1n) is 10.7. The molecule has 0 radical (unpaired) electrons. The van der Waals surface area contributed by atoms with Crippen LogP contribution in [0.4, 0.5) is 11.4 Å². The fourth-order valence-corrected chi connectivity index (χ4v) is 4.11. The number of benzene rings is 3. The quantitative estimate of drug-likeness (QED) is 0.426. The lowest BCUT2D eigenvalue weighted by molar-refractivity contribution is -0.117. The van der Waals surface area contributed by atoms with Crippen molar-refractivity contribution in [1.82, 2.24) is 9.78 Å². The summed E-state index contributed by atoms with van der Waals surface area (Å²) >= 11 is 6.39. The molecular weight excluding hydrogens is 436 g/mol. The fourth-order valence-electron chi connectivity index (χ4n) is 3.95. The van der Waals surface area contributed by atoms with Crippen molar-refractivity contribution in [3.05, 3.63) is 95.6 Å². The molecule has 7 heteroatoms. The number of hydrogen-bond donors (Lipinski definition) is 1. The van der Waals surface area contributed by atoms with Crippen molar-refractivity contribution in [1.29, 1.82) is 0 Å². The standard InChI is InChI=1S/C26H21ClN4O2/c27-22-14-13-20(30-15-7-12-24(30)32)16-23(22)28-26(33)21-17-31(19-10-5-2-6-11-19)29-25(21)18-8-3-1-4-9-18/h1-6,8-11,13-14,16-17H,7,12,15H2,(H,28,33). The Kier molecular flexibility index (Phi) is 5.67. The Bertz CT molecular complexity index is 1320. The molecule has 1 fully saturated rings. The summed E-state index contributed by atoms with van der Waals surface area (Å²) < 4.78 is 1.69. The maximum absolute atomic E-state index is 13.4. The van der Waals surface area contributed by atoms with E-state index in [9.17, 15) is 9.59 Å². The van der Waals surface area contributed by atoms with Crippen molar-refractivity contribution < 1.29 is 9.59 Å². The van der Waals surface area contributed by atoms with Gasteiger partial charge < -0.3 is 10.2 Å². The number of nitrogens with zero attached hydrogens (tertiary/aromatic N) is 3. The summed E-state index contributed by atoms with van der Waals surface area (Å²) in [4.78, 5) is 27.3. The Morgan fingerprint density at radius 2 is 1.67 bits per heavy atom. The van der Waals surface area contributed by atoms with Gasteiger partial charge in [0.2, 0.25) is 5.91 Å². The average molecular weight is 457 g/mol. The zero-order valence-electron chi connectivity index (χ0n) is 17.7. The van der Waals surface area contributed by atoms with Gasteiger partial charge in [0.25, 0.3) is 5.91 Å². The van der Waals surface area contributed by atoms with E-state index in [1.807, 2.05) is 60.7 Å². The van der Waals surface area contributed by atoms with E-state index in [2.05, 4.69) is 5.32 Å². The number of carbonyl (C=O) groups is 2. The molecule has 0 saturated carbocycles. The highest BCUT2D eigenvalue weighted by molar-refractivity contribution is 6.34. The fraction of sp³-hybridized carbons (Fsp3) is 0.115. The van der Waals surface area contributed by atoms with Crippen molar-refractivity contribution in [3.8, 4) is 16.9 Å². The third-order valence-corrected chi connectivity index (χ3v) is 5.94. The second kappa shape index (κ2) is 8.92. The number of anilines is 2. The number of halogens is 1. The van der Waals surface area contributed by atoms with Gasteiger partial charge in [-0.1, -0.05) is 60.1 Å². The highest BCUT2D eigenvalue weighted by Gasteiger charge is 2.24. The first-order valence-corrected chi connectivity index (χ1v) is 11.1. The third-order valence-electron chi connectivity index (χ3n) is 5.61. The molecule has 164 valence electrons. The molecule has 0 bridgehead atoms. The molecule has 2 heterocycles. The molecule has 2 amide bonds. The minimum Gasteiger partial charge on any atom is -0.320 e. The number of carbonyl (C=O) groups excluding carboxylic acids is 2. The van der Waals surface area contributed by atoms with Crippen LogP contribution < -0.4 is 10.2 Å². The lowest BCUT2D eigenvalue weighted by Gasteiger charge is -2.17. The van der Waals surface area contributed by atoms with E-state index in [1.54, 1.807) is 34.0 Å². The number of aromatic nitrogens is 2. The molecule has 0 atom stereocenters. The summed E-state index contributed by atoms with van der Waals surface area (Å²) in [5, 5.41) is 8.01. The van der Waals surface area contributed by atoms with Crippen LogP contribution in [0.5, 0.6) is 0 Å². The Morgan fingerprint density at radius 3 is 2.36 bits per heavy atom. The Labute approximate surface area is 196 Å². The second-order valence-corrected chi connectivity index (χ2v) is 8.21. The van der Waals surface area contributed by atoms with Gasteiger partial charge in [0.1, 0.15) is 5.69 Å². The van der Waals surface area contributed by atoms with Crippen molar-refractivity contribution in [3.63, 3.8) is 0 Å². The lowest BCUT2D eigenvalue weighted by Crippen LogP contribution is -2.23. The van der Waals surface area contributed by atoms with E-state index in [4.69, 9.17) is 16.7 Å². The number of rotatable bonds is 5. The predicted molar refractivity (Wildman–Crippen MR) is 130 cm³/mol. The molecule has 5 rings (SSSR count). The molecule has 4 aromatic rings. The molecule has 1 aliphatic heterocycles. The Balaban J connectivity index is 1.51. The number of amides is 2. The van der Waals surface area contributed by atoms with E-state index in [0.29, 0.717) is 34.9 Å². The van der Waals surface area contributed by atoms with Crippen LogP contribution in [0.1, 0.15) is 23.2 Å². The topological polar surface area (TPSA) is 67.2 Å². The van der Waals surface area contributed by atoms with Gasteiger partial charge in [-0.25, -0.2) is 4.68 Å². The van der Waals surface area contributed by atoms with Crippen LogP contribution >= 0.6 is 11.6 Å². The molecule has 1 aromatic heterocycles. The van der Waals surface area contributed by atoms with Gasteiger partial charge in [0, 0.05) is 30.4 Å². The maximum atomic E-state index is 13.4. The molecule has 1 saturated heterocycles. The van der Waals surface area contributed by atoms with E-state index in [0.717, 1.165) is 23.4 Å². The van der Waals surface area contributed by atoms with E-state index >= 15 is 0 Å². The minimum atomic E-state index is -0.331. The zero-order valence-corrected chi connectivity index (χ0v) is 18.5. The molecule has 0 unspecified atom stereocenters. The van der Waals surface area contributed by atoms with Gasteiger partial charge in [-0.15, -0.1) is 0 Å².